The van der Waals surface area contributed by atoms with Crippen LogP contribution in [0.2, 0.25) is 0 Å². The third kappa shape index (κ3) is 2.03. The van der Waals surface area contributed by atoms with E-state index in [1.54, 1.807) is 11.1 Å². The summed E-state index contributed by atoms with van der Waals surface area (Å²) in [6.45, 7) is 4.37. The zero-order valence-electron chi connectivity index (χ0n) is 11.9. The average molecular weight is 251 g/mol. The number of aromatic nitrogens is 1. The van der Waals surface area contributed by atoms with Crippen LogP contribution in [0.25, 0.3) is 11.3 Å². The number of hydrogen-bond donors (Lipinski definition) is 0. The van der Waals surface area contributed by atoms with Crippen molar-refractivity contribution in [2.24, 2.45) is 0 Å². The number of pyridine rings is 1. The van der Waals surface area contributed by atoms with Crippen molar-refractivity contribution < 1.29 is 4.57 Å². The summed E-state index contributed by atoms with van der Waals surface area (Å²) in [6.07, 6.45) is 5.15. The van der Waals surface area contributed by atoms with Gasteiger partial charge in [0, 0.05) is 7.05 Å². The van der Waals surface area contributed by atoms with Crippen molar-refractivity contribution >= 4 is 0 Å². The molecule has 0 unspecified atom stereocenters. The van der Waals surface area contributed by atoms with Crippen LogP contribution in [0.5, 0.6) is 0 Å². The molecule has 1 aromatic heterocycles. The van der Waals surface area contributed by atoms with Crippen molar-refractivity contribution in [2.45, 2.75) is 39.5 Å². The van der Waals surface area contributed by atoms with Crippen molar-refractivity contribution in [3.63, 3.8) is 0 Å². The van der Waals surface area contributed by atoms with Crippen LogP contribution in [-0.4, -0.2) is 0 Å². The van der Waals surface area contributed by atoms with E-state index in [9.17, 15) is 0 Å². The van der Waals surface area contributed by atoms with E-state index in [-0.39, 0.29) is 0 Å². The number of fused-ring (bicyclic) bond motifs is 1. The second-order valence-corrected chi connectivity index (χ2v) is 5.56. The van der Waals surface area contributed by atoms with Crippen LogP contribution in [0.15, 0.2) is 30.3 Å². The molecule has 0 saturated carbocycles. The van der Waals surface area contributed by atoms with Crippen molar-refractivity contribution in [3.8, 4) is 11.3 Å². The Balaban J connectivity index is 2.18. The highest BCUT2D eigenvalue weighted by Crippen LogP contribution is 2.30. The van der Waals surface area contributed by atoms with Gasteiger partial charge in [0.1, 0.15) is 5.69 Å². The van der Waals surface area contributed by atoms with Gasteiger partial charge in [-0.25, -0.2) is 0 Å². The van der Waals surface area contributed by atoms with Gasteiger partial charge in [-0.1, -0.05) is 24.3 Å². The maximum Gasteiger partial charge on any atom is 0.112 e. The summed E-state index contributed by atoms with van der Waals surface area (Å²) in [7, 11) is 4.17. The Morgan fingerprint density at radius 1 is 1.00 bits per heavy atom. The fourth-order valence-corrected chi connectivity index (χ4v) is 3.17. The van der Waals surface area contributed by atoms with E-state index in [0.29, 0.717) is 0 Å². The summed E-state index contributed by atoms with van der Waals surface area (Å²) < 4.78 is 2.04. The zero-order valence-corrected chi connectivity index (χ0v) is 11.9. The van der Waals surface area contributed by atoms with Gasteiger partial charge in [-0.05, 0) is 67.9 Å². The summed E-state index contributed by atoms with van der Waals surface area (Å²) >= 11 is 0. The lowest BCUT2D eigenvalue weighted by atomic mass is 9.86. The Kier molecular flexibility index (Phi) is 3.06. The monoisotopic (exact) mass is 251 g/mol. The number of hydrogen-bond acceptors (Lipinski definition) is 0. The van der Waals surface area contributed by atoms with Crippen molar-refractivity contribution in [3.05, 3.63) is 59.8 Å². The van der Waals surface area contributed by atoms with Gasteiger partial charge in [0.25, 0.3) is 0 Å². The predicted molar refractivity (Wildman–Crippen MR) is 78.9 cm³/mol. The van der Waals surface area contributed by atoms with E-state index in [0.717, 1.165) is 0 Å². The number of rotatable bonds is 1. The molecular formula is C18H21N. The molecular weight excluding hydrogens is 230 g/mol. The lowest BCUT2D eigenvalue weighted by molar-refractivity contribution is -0.607. The minimum atomic E-state index is 1.19. The first kappa shape index (κ1) is 12.3. The van der Waals surface area contributed by atoms with Crippen LogP contribution in [0, 0.1) is 20.9 Å². The first-order valence-electron chi connectivity index (χ1n) is 7.13. The smallest absolute Gasteiger partial charge is 0.112 e. The molecule has 0 saturated heterocycles. The first-order chi connectivity index (χ1) is 9.18. The molecule has 0 fully saturated rings. The highest BCUT2D eigenvalue weighted by Gasteiger charge is 2.15. The van der Waals surface area contributed by atoms with Gasteiger partial charge in [-0.3, -0.25) is 0 Å². The molecule has 0 atom stereocenters. The van der Waals surface area contributed by atoms with Crippen LogP contribution in [0.4, 0.5) is 0 Å². The van der Waals surface area contributed by atoms with Crippen LogP contribution in [0.1, 0.15) is 35.2 Å². The molecule has 1 aliphatic rings. The van der Waals surface area contributed by atoms with Gasteiger partial charge in [-0.2, -0.15) is 0 Å². The minimum Gasteiger partial charge on any atom is -0.330 e. The van der Waals surface area contributed by atoms with E-state index in [2.05, 4.69) is 51.2 Å². The molecule has 2 aromatic rings. The van der Waals surface area contributed by atoms with Crippen LogP contribution < -0.4 is 4.57 Å². The van der Waals surface area contributed by atoms with Gasteiger partial charge < -0.3 is 4.57 Å². The molecule has 1 nitrogen and oxygen atoms in total. The van der Waals surface area contributed by atoms with Crippen LogP contribution >= 0.6 is 0 Å². The Hall–Kier alpha value is -1.76. The fourth-order valence-electron chi connectivity index (χ4n) is 3.17. The molecule has 3 rings (SSSR count). The van der Waals surface area contributed by atoms with Crippen LogP contribution in [-0.2, 0) is 12.8 Å². The van der Waals surface area contributed by atoms with Crippen LogP contribution in [0.3, 0.4) is 0 Å². The van der Waals surface area contributed by atoms with Gasteiger partial charge in [0.05, 0.1) is 5.69 Å². The molecule has 0 aliphatic heterocycles. The lowest BCUT2D eigenvalue weighted by Gasteiger charge is -2.21. The molecule has 0 amide bonds. The van der Waals surface area contributed by atoms with E-state index < -0.39 is 0 Å². The van der Waals surface area contributed by atoms with E-state index in [4.69, 9.17) is 0 Å². The van der Waals surface area contributed by atoms with Gasteiger partial charge >= 0.3 is 0 Å². The molecule has 1 aromatic carbocycles. The van der Waals surface area contributed by atoms with Crippen molar-refractivity contribution in [2.75, 3.05) is 0 Å². The summed E-state index contributed by atoms with van der Waals surface area (Å²) in [5.74, 6) is 0. The summed E-state index contributed by atoms with van der Waals surface area (Å²) in [5, 5.41) is 0. The maximum absolute atomic E-state index is 4.17. The summed E-state index contributed by atoms with van der Waals surface area (Å²) in [5.41, 5.74) is 8.31. The van der Waals surface area contributed by atoms with Gasteiger partial charge in [-0.15, -0.1) is 0 Å². The molecule has 0 N–H and O–H groups in total. The second-order valence-electron chi connectivity index (χ2n) is 5.56. The quantitative estimate of drug-likeness (QED) is 0.536. The molecule has 98 valence electrons. The number of benzene rings is 1. The Labute approximate surface area is 115 Å². The number of nitrogens with zero attached hydrogens (tertiary/aromatic N) is 1. The SMILES string of the molecule is [CH2-][n+]1c(C)cccc1-c1ccc2c(c1C)CCCC2. The topological polar surface area (TPSA) is 3.88 Å². The van der Waals surface area contributed by atoms with Crippen molar-refractivity contribution in [1.82, 2.24) is 0 Å². The Morgan fingerprint density at radius 2 is 1.79 bits per heavy atom. The molecule has 1 heterocycles. The van der Waals surface area contributed by atoms with E-state index >= 15 is 0 Å². The Morgan fingerprint density at radius 3 is 2.63 bits per heavy atom. The lowest BCUT2D eigenvalue weighted by Crippen LogP contribution is -2.32. The highest BCUT2D eigenvalue weighted by atomic mass is 14.9. The second kappa shape index (κ2) is 4.73. The Bertz CT molecular complexity index is 626. The molecule has 1 aliphatic carbocycles. The molecule has 0 bridgehead atoms. The fraction of sp³-hybridized carbons (Fsp3) is 0.333. The first-order valence-corrected chi connectivity index (χ1v) is 7.13. The third-order valence-electron chi connectivity index (χ3n) is 4.40. The summed E-state index contributed by atoms with van der Waals surface area (Å²) in [6, 6.07) is 11.0. The van der Waals surface area contributed by atoms with Gasteiger partial charge in [0.2, 0.25) is 0 Å². The molecule has 0 spiro atoms. The van der Waals surface area contributed by atoms with E-state index in [1.807, 2.05) is 4.57 Å². The predicted octanol–water partition coefficient (Wildman–Crippen LogP) is 3.78. The molecule has 0 radical (unpaired) electrons. The highest BCUT2D eigenvalue weighted by molar-refractivity contribution is 5.64. The standard InChI is InChI=1S/C18H21N/c1-13-7-6-10-18(19(13)3)17-12-11-15-8-4-5-9-16(15)14(17)2/h6-7,10-12H,3-5,8-9H2,1-2H3. The normalized spacial score (nSPS) is 14.2. The largest absolute Gasteiger partial charge is 0.330 e. The average Bonchev–Trinajstić information content (AvgIpc) is 2.43. The molecule has 19 heavy (non-hydrogen) atoms. The third-order valence-corrected chi connectivity index (χ3v) is 4.40. The molecule has 1 heteroatoms. The van der Waals surface area contributed by atoms with E-state index in [1.165, 1.54) is 48.2 Å². The zero-order chi connectivity index (χ0) is 13.4. The summed E-state index contributed by atoms with van der Waals surface area (Å²) in [4.78, 5) is 0. The van der Waals surface area contributed by atoms with Crippen molar-refractivity contribution in [1.29, 1.82) is 0 Å². The number of aryl methyl sites for hydroxylation is 2. The maximum atomic E-state index is 4.17. The van der Waals surface area contributed by atoms with Gasteiger partial charge in [0.15, 0.2) is 0 Å². The minimum absolute atomic E-state index is 1.19.